The fourth-order valence-corrected chi connectivity index (χ4v) is 2.84. The van der Waals surface area contributed by atoms with Crippen molar-refractivity contribution in [1.29, 1.82) is 0 Å². The van der Waals surface area contributed by atoms with Crippen LogP contribution in [0.1, 0.15) is 40.0 Å². The molecule has 80 valence electrons. The number of likely N-dealkylation sites (tertiary alicyclic amines) is 1. The highest BCUT2D eigenvalue weighted by molar-refractivity contribution is 5.82. The predicted molar refractivity (Wildman–Crippen MR) is 57.1 cm³/mol. The summed E-state index contributed by atoms with van der Waals surface area (Å²) in [5, 5.41) is 0. The highest BCUT2D eigenvalue weighted by Gasteiger charge is 2.39. The Bertz CT molecular complexity index is 238. The summed E-state index contributed by atoms with van der Waals surface area (Å²) in [4.78, 5) is 14.1. The first-order valence-corrected chi connectivity index (χ1v) is 5.89. The average Bonchev–Trinajstić information content (AvgIpc) is 2.16. The highest BCUT2D eigenvalue weighted by Crippen LogP contribution is 2.35. The smallest absolute Gasteiger partial charge is 0.138 e. The number of piperidine rings is 1. The van der Waals surface area contributed by atoms with Gasteiger partial charge in [0.1, 0.15) is 5.78 Å². The molecule has 2 nitrogen and oxygen atoms in total. The summed E-state index contributed by atoms with van der Waals surface area (Å²) < 4.78 is 0. The monoisotopic (exact) mass is 195 g/mol. The summed E-state index contributed by atoms with van der Waals surface area (Å²) in [7, 11) is 0. The van der Waals surface area contributed by atoms with Crippen LogP contribution in [-0.2, 0) is 4.79 Å². The van der Waals surface area contributed by atoms with Crippen LogP contribution in [0.15, 0.2) is 0 Å². The number of rotatable bonds is 1. The normalized spacial score (nSPS) is 44.9. The molecule has 1 aliphatic heterocycles. The second kappa shape index (κ2) is 3.65. The van der Waals surface area contributed by atoms with Gasteiger partial charge >= 0.3 is 0 Å². The number of hydrogen-bond donors (Lipinski definition) is 0. The van der Waals surface area contributed by atoms with Crippen LogP contribution in [0.25, 0.3) is 0 Å². The molecule has 1 saturated carbocycles. The van der Waals surface area contributed by atoms with E-state index in [1.807, 2.05) is 0 Å². The number of hydrogen-bond acceptors (Lipinski definition) is 2. The van der Waals surface area contributed by atoms with E-state index in [1.165, 1.54) is 12.8 Å². The van der Waals surface area contributed by atoms with E-state index in [0.29, 0.717) is 11.8 Å². The summed E-state index contributed by atoms with van der Waals surface area (Å²) in [5.41, 5.74) is 0. The van der Waals surface area contributed by atoms with E-state index in [9.17, 15) is 4.79 Å². The van der Waals surface area contributed by atoms with Gasteiger partial charge in [-0.25, -0.2) is 0 Å². The zero-order chi connectivity index (χ0) is 10.3. The zero-order valence-electron chi connectivity index (χ0n) is 9.49. The lowest BCUT2D eigenvalue weighted by atomic mass is 9.77. The van der Waals surface area contributed by atoms with E-state index >= 15 is 0 Å². The standard InChI is InChI=1S/C12H21NO/c1-8-4-5-11(8)13-7-6-12(14)9(2)10(13)3/h8-11H,4-7H2,1-3H3. The molecule has 2 fully saturated rings. The van der Waals surface area contributed by atoms with E-state index < -0.39 is 0 Å². The Morgan fingerprint density at radius 1 is 1.21 bits per heavy atom. The van der Waals surface area contributed by atoms with Crippen molar-refractivity contribution in [1.82, 2.24) is 4.90 Å². The molecule has 0 radical (unpaired) electrons. The zero-order valence-corrected chi connectivity index (χ0v) is 9.49. The van der Waals surface area contributed by atoms with Crippen LogP contribution in [0.2, 0.25) is 0 Å². The molecule has 0 aromatic carbocycles. The van der Waals surface area contributed by atoms with E-state index in [0.717, 1.165) is 24.9 Å². The van der Waals surface area contributed by atoms with E-state index in [1.54, 1.807) is 0 Å². The quantitative estimate of drug-likeness (QED) is 0.638. The first kappa shape index (κ1) is 10.2. The van der Waals surface area contributed by atoms with Gasteiger partial charge in [0.2, 0.25) is 0 Å². The molecule has 0 aromatic heterocycles. The topological polar surface area (TPSA) is 20.3 Å². The molecular weight excluding hydrogens is 174 g/mol. The Balaban J connectivity index is 2.02. The van der Waals surface area contributed by atoms with Gasteiger partial charge in [-0.2, -0.15) is 0 Å². The van der Waals surface area contributed by atoms with Crippen LogP contribution in [0, 0.1) is 11.8 Å². The van der Waals surface area contributed by atoms with Gasteiger partial charge in [0.15, 0.2) is 0 Å². The third kappa shape index (κ3) is 1.50. The molecule has 2 aliphatic rings. The van der Waals surface area contributed by atoms with Crippen LogP contribution in [-0.4, -0.2) is 29.3 Å². The first-order chi connectivity index (χ1) is 6.61. The Morgan fingerprint density at radius 2 is 1.93 bits per heavy atom. The van der Waals surface area contributed by atoms with E-state index in [4.69, 9.17) is 0 Å². The van der Waals surface area contributed by atoms with Crippen molar-refractivity contribution in [3.63, 3.8) is 0 Å². The number of carbonyl (C=O) groups is 1. The van der Waals surface area contributed by atoms with Crippen LogP contribution >= 0.6 is 0 Å². The number of nitrogens with zero attached hydrogens (tertiary/aromatic N) is 1. The molecule has 0 amide bonds. The maximum atomic E-state index is 11.5. The summed E-state index contributed by atoms with van der Waals surface area (Å²) in [6.45, 7) is 7.64. The molecule has 4 unspecified atom stereocenters. The van der Waals surface area contributed by atoms with Crippen molar-refractivity contribution in [3.05, 3.63) is 0 Å². The molecule has 4 atom stereocenters. The number of Topliss-reactive ketones (excluding diaryl/α,β-unsaturated/α-hetero) is 1. The Kier molecular flexibility index (Phi) is 2.65. The SMILES string of the molecule is CC1CCC1N1CCC(=O)C(C)C1C. The fourth-order valence-electron chi connectivity index (χ4n) is 2.84. The van der Waals surface area contributed by atoms with Gasteiger partial charge in [0.05, 0.1) is 0 Å². The fraction of sp³-hybridized carbons (Fsp3) is 0.917. The van der Waals surface area contributed by atoms with Crippen molar-refractivity contribution in [2.75, 3.05) is 6.54 Å². The summed E-state index contributed by atoms with van der Waals surface area (Å²) in [6, 6.07) is 1.23. The van der Waals surface area contributed by atoms with Crippen LogP contribution in [0.5, 0.6) is 0 Å². The first-order valence-electron chi connectivity index (χ1n) is 5.89. The van der Waals surface area contributed by atoms with E-state index in [-0.39, 0.29) is 5.92 Å². The lowest BCUT2D eigenvalue weighted by Crippen LogP contribution is -2.56. The van der Waals surface area contributed by atoms with Crippen molar-refractivity contribution in [3.8, 4) is 0 Å². The van der Waals surface area contributed by atoms with Gasteiger partial charge in [-0.15, -0.1) is 0 Å². The third-order valence-electron chi connectivity index (χ3n) is 4.37. The molecular formula is C12H21NO. The van der Waals surface area contributed by atoms with Crippen LogP contribution < -0.4 is 0 Å². The average molecular weight is 195 g/mol. The van der Waals surface area contributed by atoms with Gasteiger partial charge in [-0.05, 0) is 25.7 Å². The summed E-state index contributed by atoms with van der Waals surface area (Å²) >= 11 is 0. The van der Waals surface area contributed by atoms with Gasteiger partial charge in [0.25, 0.3) is 0 Å². The second-order valence-corrected chi connectivity index (χ2v) is 5.11. The van der Waals surface area contributed by atoms with Crippen molar-refractivity contribution >= 4 is 5.78 Å². The predicted octanol–water partition coefficient (Wildman–Crippen LogP) is 2.08. The largest absolute Gasteiger partial charge is 0.299 e. The van der Waals surface area contributed by atoms with E-state index in [2.05, 4.69) is 25.7 Å². The summed E-state index contributed by atoms with van der Waals surface area (Å²) in [5.74, 6) is 1.55. The van der Waals surface area contributed by atoms with Gasteiger partial charge < -0.3 is 0 Å². The molecule has 0 N–H and O–H groups in total. The Labute approximate surface area is 86.7 Å². The molecule has 2 heteroatoms. The Morgan fingerprint density at radius 3 is 2.43 bits per heavy atom. The molecule has 1 aliphatic carbocycles. The maximum absolute atomic E-state index is 11.5. The van der Waals surface area contributed by atoms with Gasteiger partial charge in [0, 0.05) is 31.0 Å². The molecule has 2 rings (SSSR count). The number of ketones is 1. The minimum Gasteiger partial charge on any atom is -0.299 e. The van der Waals surface area contributed by atoms with Gasteiger partial charge in [-0.3, -0.25) is 9.69 Å². The maximum Gasteiger partial charge on any atom is 0.138 e. The van der Waals surface area contributed by atoms with Crippen molar-refractivity contribution in [2.45, 2.75) is 52.1 Å². The third-order valence-corrected chi connectivity index (χ3v) is 4.37. The summed E-state index contributed by atoms with van der Waals surface area (Å²) in [6.07, 6.45) is 3.48. The minimum atomic E-state index is 0.247. The molecule has 0 bridgehead atoms. The molecule has 1 heterocycles. The molecule has 0 spiro atoms. The van der Waals surface area contributed by atoms with Crippen molar-refractivity contribution < 1.29 is 4.79 Å². The van der Waals surface area contributed by atoms with Gasteiger partial charge in [-0.1, -0.05) is 13.8 Å². The lowest BCUT2D eigenvalue weighted by Gasteiger charge is -2.49. The van der Waals surface area contributed by atoms with Crippen LogP contribution in [0.4, 0.5) is 0 Å². The highest BCUT2D eigenvalue weighted by atomic mass is 16.1. The molecule has 0 aromatic rings. The van der Waals surface area contributed by atoms with Crippen LogP contribution in [0.3, 0.4) is 0 Å². The van der Waals surface area contributed by atoms with Crippen molar-refractivity contribution in [2.24, 2.45) is 11.8 Å². The Hall–Kier alpha value is -0.370. The molecule has 14 heavy (non-hydrogen) atoms. The molecule has 1 saturated heterocycles. The number of carbonyl (C=O) groups excluding carboxylic acids is 1. The minimum absolute atomic E-state index is 0.247. The second-order valence-electron chi connectivity index (χ2n) is 5.11. The lowest BCUT2D eigenvalue weighted by molar-refractivity contribution is -0.130.